The smallest absolute Gasteiger partial charge is 0.404 e. The van der Waals surface area contributed by atoms with Crippen molar-refractivity contribution < 1.29 is 32.3 Å². The molecule has 0 amide bonds. The van der Waals surface area contributed by atoms with E-state index in [0.717, 1.165) is 6.07 Å². The average Bonchev–Trinajstić information content (AvgIpc) is 2.44. The van der Waals surface area contributed by atoms with Gasteiger partial charge in [0.15, 0.2) is 0 Å². The Bertz CT molecular complexity index is 723. The van der Waals surface area contributed by atoms with Gasteiger partial charge in [-0.25, -0.2) is 0 Å². The summed E-state index contributed by atoms with van der Waals surface area (Å²) in [5.74, 6) is -0.756. The first kappa shape index (κ1) is 23.0. The maximum absolute atomic E-state index is 14.5. The van der Waals surface area contributed by atoms with E-state index in [4.69, 9.17) is 11.6 Å². The molecule has 9 heteroatoms. The van der Waals surface area contributed by atoms with Crippen molar-refractivity contribution >= 4 is 25.2 Å². The van der Waals surface area contributed by atoms with Crippen molar-refractivity contribution in [3.63, 3.8) is 0 Å². The number of halogens is 3. The fraction of sp³-hybridized carbons (Fsp3) is 0.588. The summed E-state index contributed by atoms with van der Waals surface area (Å²) in [5.41, 5.74) is -5.65. The number of hydrogen-bond acceptors (Lipinski definition) is 4. The number of esters is 1. The van der Waals surface area contributed by atoms with Crippen LogP contribution in [0.4, 0.5) is 8.78 Å². The Kier molecular flexibility index (Phi) is 6.68. The normalized spacial score (nSPS) is 15.5. The molecule has 0 heterocycles. The lowest BCUT2D eigenvalue weighted by atomic mass is 9.86. The van der Waals surface area contributed by atoms with Crippen LogP contribution in [0.25, 0.3) is 0 Å². The lowest BCUT2D eigenvalue weighted by Crippen LogP contribution is -2.25. The molecule has 0 aliphatic carbocycles. The topological polar surface area (TPSA) is 72.8 Å². The van der Waals surface area contributed by atoms with Crippen LogP contribution in [-0.2, 0) is 29.7 Å². The molecule has 0 radical (unpaired) electrons. The zero-order valence-corrected chi connectivity index (χ0v) is 17.3. The summed E-state index contributed by atoms with van der Waals surface area (Å²) < 4.78 is 50.0. The second-order valence-corrected chi connectivity index (χ2v) is 10.2. The summed E-state index contributed by atoms with van der Waals surface area (Å²) in [6.07, 6.45) is 0. The second-order valence-electron chi connectivity index (χ2n) is 7.94. The van der Waals surface area contributed by atoms with Crippen molar-refractivity contribution in [1.82, 2.24) is 0 Å². The molecule has 26 heavy (non-hydrogen) atoms. The van der Waals surface area contributed by atoms with Gasteiger partial charge in [-0.2, -0.15) is 8.78 Å². The van der Waals surface area contributed by atoms with E-state index in [-0.39, 0.29) is 10.4 Å². The molecule has 1 aromatic rings. The van der Waals surface area contributed by atoms with Crippen LogP contribution >= 0.6 is 19.2 Å². The van der Waals surface area contributed by atoms with Crippen molar-refractivity contribution in [1.29, 1.82) is 0 Å². The Balaban J connectivity index is 3.01. The highest BCUT2D eigenvalue weighted by molar-refractivity contribution is 7.53. The first-order valence-electron chi connectivity index (χ1n) is 7.83. The Labute approximate surface area is 157 Å². The van der Waals surface area contributed by atoms with Crippen molar-refractivity contribution in [2.45, 2.75) is 52.6 Å². The molecule has 0 spiro atoms. The Morgan fingerprint density at radius 3 is 2.15 bits per heavy atom. The maximum Gasteiger partial charge on any atom is 0.404 e. The minimum absolute atomic E-state index is 0.335. The van der Waals surface area contributed by atoms with E-state index in [2.05, 4.69) is 9.26 Å². The zero-order chi connectivity index (χ0) is 20.6. The number of benzene rings is 1. The van der Waals surface area contributed by atoms with Gasteiger partial charge in [-0.3, -0.25) is 13.9 Å². The van der Waals surface area contributed by atoms with Gasteiger partial charge >= 0.3 is 19.2 Å². The Hall–Kier alpha value is -1.01. The van der Waals surface area contributed by atoms with Gasteiger partial charge < -0.3 is 9.63 Å². The predicted molar refractivity (Wildman–Crippen MR) is 95.4 cm³/mol. The largest absolute Gasteiger partial charge is 0.438 e. The van der Waals surface area contributed by atoms with Gasteiger partial charge in [-0.15, -0.1) is 0 Å². The number of carbonyl (C=O) groups excluding carboxylic acids is 1. The van der Waals surface area contributed by atoms with E-state index in [1.165, 1.54) is 12.1 Å². The summed E-state index contributed by atoms with van der Waals surface area (Å²) in [6, 6.07) is 3.73. The van der Waals surface area contributed by atoms with Crippen LogP contribution < -0.4 is 0 Å². The van der Waals surface area contributed by atoms with Crippen molar-refractivity contribution in [2.75, 3.05) is 6.79 Å². The molecule has 148 valence electrons. The maximum atomic E-state index is 14.5. The van der Waals surface area contributed by atoms with Crippen LogP contribution in [0.3, 0.4) is 0 Å². The third kappa shape index (κ3) is 5.26. The molecule has 0 aliphatic heterocycles. The quantitative estimate of drug-likeness (QED) is 0.396. The summed E-state index contributed by atoms with van der Waals surface area (Å²) in [7, 11) is -5.50. The molecule has 0 fully saturated rings. The predicted octanol–water partition coefficient (Wildman–Crippen LogP) is 5.44. The fourth-order valence-electron chi connectivity index (χ4n) is 1.83. The van der Waals surface area contributed by atoms with Crippen LogP contribution in [0.5, 0.6) is 0 Å². The highest BCUT2D eigenvalue weighted by Gasteiger charge is 2.54. The van der Waals surface area contributed by atoms with Crippen LogP contribution in [0.1, 0.15) is 52.7 Å². The highest BCUT2D eigenvalue weighted by Crippen LogP contribution is 2.64. The zero-order valence-electron chi connectivity index (χ0n) is 15.6. The third-order valence-corrected chi connectivity index (χ3v) is 5.26. The molecule has 1 aromatic carbocycles. The molecule has 0 bridgehead atoms. The average molecular weight is 413 g/mol. The molecule has 1 rings (SSSR count). The number of rotatable bonds is 5. The molecular formula is C17H24ClF2O5P. The lowest BCUT2D eigenvalue weighted by molar-refractivity contribution is -0.160. The van der Waals surface area contributed by atoms with Crippen molar-refractivity contribution in [2.24, 2.45) is 5.41 Å². The monoisotopic (exact) mass is 412 g/mol. The van der Waals surface area contributed by atoms with E-state index < -0.39 is 37.0 Å². The van der Waals surface area contributed by atoms with Crippen LogP contribution in [-0.4, -0.2) is 17.7 Å². The summed E-state index contributed by atoms with van der Waals surface area (Å²) in [4.78, 5) is 21.3. The Morgan fingerprint density at radius 2 is 1.73 bits per heavy atom. The summed E-state index contributed by atoms with van der Waals surface area (Å²) in [6.45, 7) is 9.18. The molecule has 5 nitrogen and oxygen atoms in total. The standard InChI is InChI=1S/C17H24ClF2O5P/c1-15(2,3)11-7-8-12(13(18)9-11)17(19,20)26(22,23)25-10-24-14(21)16(4,5)6/h7-9H,10H2,1-6H3,(H,22,23). The molecule has 0 saturated carbocycles. The molecule has 1 unspecified atom stereocenters. The van der Waals surface area contributed by atoms with E-state index in [1.807, 2.05) is 20.8 Å². The summed E-state index contributed by atoms with van der Waals surface area (Å²) >= 11 is 5.92. The van der Waals surface area contributed by atoms with Gasteiger partial charge in [0.2, 0.25) is 6.79 Å². The van der Waals surface area contributed by atoms with Gasteiger partial charge in [0.05, 0.1) is 16.0 Å². The molecule has 0 saturated heterocycles. The van der Waals surface area contributed by atoms with Gasteiger partial charge in [0, 0.05) is 0 Å². The highest BCUT2D eigenvalue weighted by atomic mass is 35.5. The van der Waals surface area contributed by atoms with Gasteiger partial charge in [0.25, 0.3) is 0 Å². The molecule has 0 aromatic heterocycles. The van der Waals surface area contributed by atoms with Crippen LogP contribution in [0, 0.1) is 5.41 Å². The SMILES string of the molecule is CC(C)(C)C(=O)OCOP(=O)(O)C(F)(F)c1ccc(C(C)(C)C)cc1Cl. The summed E-state index contributed by atoms with van der Waals surface area (Å²) in [5, 5.41) is -0.355. The number of hydrogen-bond donors (Lipinski definition) is 1. The van der Waals surface area contributed by atoms with Crippen molar-refractivity contribution in [3.8, 4) is 0 Å². The van der Waals surface area contributed by atoms with E-state index in [9.17, 15) is 23.0 Å². The fourth-order valence-corrected chi connectivity index (χ4v) is 3.05. The molecule has 1 atom stereocenters. The second kappa shape index (κ2) is 7.55. The number of carbonyl (C=O) groups is 1. The Morgan fingerprint density at radius 1 is 1.19 bits per heavy atom. The number of alkyl halides is 2. The molecule has 1 N–H and O–H groups in total. The van der Waals surface area contributed by atoms with Gasteiger partial charge in [0.1, 0.15) is 0 Å². The van der Waals surface area contributed by atoms with Gasteiger partial charge in [-0.1, -0.05) is 44.5 Å². The first-order valence-corrected chi connectivity index (χ1v) is 9.78. The first-order chi connectivity index (χ1) is 11.5. The van der Waals surface area contributed by atoms with E-state index >= 15 is 0 Å². The molecular weight excluding hydrogens is 389 g/mol. The van der Waals surface area contributed by atoms with Gasteiger partial charge in [-0.05, 0) is 37.8 Å². The van der Waals surface area contributed by atoms with E-state index in [1.54, 1.807) is 20.8 Å². The van der Waals surface area contributed by atoms with Crippen molar-refractivity contribution in [3.05, 3.63) is 34.3 Å². The minimum Gasteiger partial charge on any atom is -0.438 e. The third-order valence-electron chi connectivity index (χ3n) is 3.54. The number of ether oxygens (including phenoxy) is 1. The van der Waals surface area contributed by atoms with Crippen LogP contribution in [0.15, 0.2) is 18.2 Å². The van der Waals surface area contributed by atoms with Crippen LogP contribution in [0.2, 0.25) is 5.02 Å². The van der Waals surface area contributed by atoms with E-state index in [0.29, 0.717) is 5.56 Å². The minimum atomic E-state index is -5.50. The molecule has 0 aliphatic rings. The lowest BCUT2D eigenvalue weighted by Gasteiger charge is -2.25.